The monoisotopic (exact) mass is 207 g/mol. The molecule has 1 aliphatic rings. The number of hydrogen-bond donors (Lipinski definition) is 1. The maximum atomic E-state index is 9.50. The second kappa shape index (κ2) is 3.20. The van der Waals surface area contributed by atoms with Crippen LogP contribution in [0.2, 0.25) is 0 Å². The maximum absolute atomic E-state index is 9.50. The fraction of sp³-hybridized carbons (Fsp3) is 0.583. The summed E-state index contributed by atoms with van der Waals surface area (Å²) in [6.45, 7) is 4.49. The van der Waals surface area contributed by atoms with Gasteiger partial charge in [-0.05, 0) is 24.0 Å². The Hall–Kier alpha value is -1.09. The standard InChI is InChI=1S/C12H17NO2/c1-11(2)7-12(11,8-14)10-5-4-9(15-3)6-13-10/h4-6,14H,7-8H2,1-3H3. The van der Waals surface area contributed by atoms with Gasteiger partial charge in [0.05, 0.1) is 19.9 Å². The first-order chi connectivity index (χ1) is 7.05. The van der Waals surface area contributed by atoms with Gasteiger partial charge in [-0.2, -0.15) is 0 Å². The third-order valence-corrected chi connectivity index (χ3v) is 3.65. The van der Waals surface area contributed by atoms with Gasteiger partial charge >= 0.3 is 0 Å². The average Bonchev–Trinajstić information content (AvgIpc) is 2.82. The first-order valence-electron chi connectivity index (χ1n) is 5.17. The summed E-state index contributed by atoms with van der Waals surface area (Å²) in [6.07, 6.45) is 2.71. The quantitative estimate of drug-likeness (QED) is 0.821. The van der Waals surface area contributed by atoms with Gasteiger partial charge in [-0.3, -0.25) is 4.98 Å². The molecule has 1 atom stereocenters. The lowest BCUT2D eigenvalue weighted by Crippen LogP contribution is -2.20. The number of pyridine rings is 1. The Kier molecular flexibility index (Phi) is 2.23. The summed E-state index contributed by atoms with van der Waals surface area (Å²) in [5.41, 5.74) is 0.985. The van der Waals surface area contributed by atoms with Gasteiger partial charge in [0, 0.05) is 11.1 Å². The molecule has 3 nitrogen and oxygen atoms in total. The molecular weight excluding hydrogens is 190 g/mol. The Labute approximate surface area is 90.1 Å². The van der Waals surface area contributed by atoms with E-state index >= 15 is 0 Å². The van der Waals surface area contributed by atoms with Crippen molar-refractivity contribution in [3.8, 4) is 5.75 Å². The van der Waals surface area contributed by atoms with E-state index < -0.39 is 0 Å². The highest BCUT2D eigenvalue weighted by molar-refractivity contribution is 5.34. The molecular formula is C12H17NO2. The van der Waals surface area contributed by atoms with Crippen LogP contribution >= 0.6 is 0 Å². The number of nitrogens with zero attached hydrogens (tertiary/aromatic N) is 1. The van der Waals surface area contributed by atoms with Crippen molar-refractivity contribution in [2.24, 2.45) is 5.41 Å². The van der Waals surface area contributed by atoms with Gasteiger partial charge in [-0.25, -0.2) is 0 Å². The topological polar surface area (TPSA) is 42.4 Å². The lowest BCUT2D eigenvalue weighted by atomic mass is 9.93. The molecule has 0 spiro atoms. The lowest BCUT2D eigenvalue weighted by molar-refractivity contribution is 0.228. The fourth-order valence-corrected chi connectivity index (χ4v) is 2.28. The van der Waals surface area contributed by atoms with Gasteiger partial charge < -0.3 is 9.84 Å². The summed E-state index contributed by atoms with van der Waals surface area (Å²) in [5.74, 6) is 0.755. The molecule has 1 heterocycles. The van der Waals surface area contributed by atoms with Crippen LogP contribution in [0.4, 0.5) is 0 Å². The van der Waals surface area contributed by atoms with E-state index in [1.54, 1.807) is 13.3 Å². The van der Waals surface area contributed by atoms with Crippen LogP contribution in [0.15, 0.2) is 18.3 Å². The molecule has 2 rings (SSSR count). The fourth-order valence-electron chi connectivity index (χ4n) is 2.28. The minimum absolute atomic E-state index is 0.140. The maximum Gasteiger partial charge on any atom is 0.137 e. The molecule has 0 radical (unpaired) electrons. The van der Waals surface area contributed by atoms with Crippen molar-refractivity contribution in [3.05, 3.63) is 24.0 Å². The number of hydrogen-bond acceptors (Lipinski definition) is 3. The first-order valence-corrected chi connectivity index (χ1v) is 5.17. The molecule has 0 saturated heterocycles. The normalized spacial score (nSPS) is 27.5. The largest absolute Gasteiger partial charge is 0.495 e. The van der Waals surface area contributed by atoms with E-state index in [1.165, 1.54) is 0 Å². The van der Waals surface area contributed by atoms with Gasteiger partial charge in [-0.15, -0.1) is 0 Å². The molecule has 15 heavy (non-hydrogen) atoms. The number of aromatic nitrogens is 1. The molecule has 1 fully saturated rings. The van der Waals surface area contributed by atoms with Crippen LogP contribution in [-0.2, 0) is 5.41 Å². The number of rotatable bonds is 3. The van der Waals surface area contributed by atoms with Gasteiger partial charge in [0.25, 0.3) is 0 Å². The second-order valence-electron chi connectivity index (χ2n) is 4.88. The number of methoxy groups -OCH3 is 1. The predicted octanol–water partition coefficient (Wildman–Crippen LogP) is 1.75. The van der Waals surface area contributed by atoms with Crippen LogP contribution in [0, 0.1) is 5.41 Å². The van der Waals surface area contributed by atoms with Crippen molar-refractivity contribution in [2.45, 2.75) is 25.7 Å². The number of aliphatic hydroxyl groups excluding tert-OH is 1. The lowest BCUT2D eigenvalue weighted by Gasteiger charge is -2.17. The van der Waals surface area contributed by atoms with Crippen molar-refractivity contribution in [2.75, 3.05) is 13.7 Å². The Bertz CT molecular complexity index is 358. The summed E-state index contributed by atoms with van der Waals surface area (Å²) < 4.78 is 5.06. The SMILES string of the molecule is COc1ccc(C2(CO)CC2(C)C)nc1. The Morgan fingerprint density at radius 2 is 2.13 bits per heavy atom. The van der Waals surface area contributed by atoms with Crippen LogP contribution < -0.4 is 4.74 Å². The zero-order chi connectivity index (χ0) is 11.1. The van der Waals surface area contributed by atoms with E-state index in [1.807, 2.05) is 12.1 Å². The molecule has 1 aromatic heterocycles. The minimum Gasteiger partial charge on any atom is -0.495 e. The summed E-state index contributed by atoms with van der Waals surface area (Å²) in [6, 6.07) is 3.85. The molecule has 0 aromatic carbocycles. The smallest absolute Gasteiger partial charge is 0.137 e. The van der Waals surface area contributed by atoms with E-state index in [0.29, 0.717) is 0 Å². The van der Waals surface area contributed by atoms with E-state index in [4.69, 9.17) is 4.74 Å². The van der Waals surface area contributed by atoms with Crippen molar-refractivity contribution < 1.29 is 9.84 Å². The van der Waals surface area contributed by atoms with E-state index in [2.05, 4.69) is 18.8 Å². The van der Waals surface area contributed by atoms with Crippen LogP contribution in [0.5, 0.6) is 5.75 Å². The van der Waals surface area contributed by atoms with E-state index in [-0.39, 0.29) is 17.4 Å². The van der Waals surface area contributed by atoms with Crippen LogP contribution in [0.25, 0.3) is 0 Å². The molecule has 0 aliphatic heterocycles. The highest BCUT2D eigenvalue weighted by Gasteiger charge is 2.62. The summed E-state index contributed by atoms with van der Waals surface area (Å²) in [4.78, 5) is 4.37. The molecule has 1 saturated carbocycles. The van der Waals surface area contributed by atoms with Crippen molar-refractivity contribution >= 4 is 0 Å². The van der Waals surface area contributed by atoms with Crippen molar-refractivity contribution in [1.29, 1.82) is 0 Å². The van der Waals surface area contributed by atoms with E-state index in [0.717, 1.165) is 17.9 Å². The van der Waals surface area contributed by atoms with Crippen molar-refractivity contribution in [1.82, 2.24) is 4.98 Å². The first kappa shape index (κ1) is 10.4. The molecule has 3 heteroatoms. The van der Waals surface area contributed by atoms with Gasteiger partial charge in [0.1, 0.15) is 5.75 Å². The average molecular weight is 207 g/mol. The highest BCUT2D eigenvalue weighted by atomic mass is 16.5. The molecule has 1 aliphatic carbocycles. The predicted molar refractivity (Wildman–Crippen MR) is 58.0 cm³/mol. The van der Waals surface area contributed by atoms with Crippen molar-refractivity contribution in [3.63, 3.8) is 0 Å². The summed E-state index contributed by atoms with van der Waals surface area (Å²) in [5, 5.41) is 9.50. The van der Waals surface area contributed by atoms with Crippen LogP contribution in [0.3, 0.4) is 0 Å². The molecule has 82 valence electrons. The molecule has 1 N–H and O–H groups in total. The Morgan fingerprint density at radius 3 is 2.47 bits per heavy atom. The third-order valence-electron chi connectivity index (χ3n) is 3.65. The minimum atomic E-state index is -0.140. The molecule has 1 unspecified atom stereocenters. The van der Waals surface area contributed by atoms with Crippen LogP contribution in [-0.4, -0.2) is 23.8 Å². The van der Waals surface area contributed by atoms with Gasteiger partial charge in [0.15, 0.2) is 0 Å². The molecule has 0 amide bonds. The zero-order valence-corrected chi connectivity index (χ0v) is 9.45. The van der Waals surface area contributed by atoms with Crippen LogP contribution in [0.1, 0.15) is 26.0 Å². The Balaban J connectivity index is 2.30. The highest BCUT2D eigenvalue weighted by Crippen LogP contribution is 2.63. The van der Waals surface area contributed by atoms with Gasteiger partial charge in [0.2, 0.25) is 0 Å². The Morgan fingerprint density at radius 1 is 1.47 bits per heavy atom. The molecule has 1 aromatic rings. The third kappa shape index (κ3) is 1.42. The molecule has 0 bridgehead atoms. The second-order valence-corrected chi connectivity index (χ2v) is 4.88. The number of ether oxygens (including phenoxy) is 1. The zero-order valence-electron chi connectivity index (χ0n) is 9.45. The number of aliphatic hydroxyl groups is 1. The van der Waals surface area contributed by atoms with Gasteiger partial charge in [-0.1, -0.05) is 13.8 Å². The van der Waals surface area contributed by atoms with E-state index in [9.17, 15) is 5.11 Å². The summed E-state index contributed by atoms with van der Waals surface area (Å²) in [7, 11) is 1.62. The summed E-state index contributed by atoms with van der Waals surface area (Å²) >= 11 is 0.